The summed E-state index contributed by atoms with van der Waals surface area (Å²) in [5.74, 6) is -5.30. The molecule has 31 heavy (non-hydrogen) atoms. The molecular formula is C24H36F2O5. The zero-order chi connectivity index (χ0) is 22.9. The Labute approximate surface area is 184 Å². The summed E-state index contributed by atoms with van der Waals surface area (Å²) < 4.78 is 45.5. The van der Waals surface area contributed by atoms with Crippen molar-refractivity contribution in [2.24, 2.45) is 11.8 Å². The number of esters is 1. The van der Waals surface area contributed by atoms with Crippen molar-refractivity contribution < 1.29 is 32.6 Å². The molecule has 0 amide bonds. The SMILES string of the molecule is CCCCC(F)(F)C(=O)/C=C/[C@@H]1C2C/C=C\CCCC(=O)OC2C[C@H]1OC(C)OCC. The lowest BCUT2D eigenvalue weighted by molar-refractivity contribution is -0.164. The van der Waals surface area contributed by atoms with Crippen LogP contribution >= 0.6 is 0 Å². The summed E-state index contributed by atoms with van der Waals surface area (Å²) in [6, 6.07) is 0. The van der Waals surface area contributed by atoms with Crippen molar-refractivity contribution in [1.82, 2.24) is 0 Å². The number of ether oxygens (including phenoxy) is 3. The van der Waals surface area contributed by atoms with E-state index >= 15 is 0 Å². The number of unbranched alkanes of at least 4 members (excludes halogenated alkanes) is 1. The number of alkyl halides is 2. The molecule has 1 aliphatic carbocycles. The van der Waals surface area contributed by atoms with Gasteiger partial charge >= 0.3 is 11.9 Å². The number of carbonyl (C=O) groups excluding carboxylic acids is 2. The molecule has 1 saturated carbocycles. The second kappa shape index (κ2) is 12.4. The maximum absolute atomic E-state index is 14.2. The van der Waals surface area contributed by atoms with Gasteiger partial charge in [0.2, 0.25) is 5.78 Å². The second-order valence-electron chi connectivity index (χ2n) is 8.33. The van der Waals surface area contributed by atoms with Crippen LogP contribution in [0.1, 0.15) is 72.1 Å². The molecule has 0 aromatic heterocycles. The Morgan fingerprint density at radius 1 is 1.35 bits per heavy atom. The summed E-state index contributed by atoms with van der Waals surface area (Å²) in [5.41, 5.74) is 0. The molecule has 5 nitrogen and oxygen atoms in total. The highest BCUT2D eigenvalue weighted by atomic mass is 19.3. The highest BCUT2D eigenvalue weighted by Gasteiger charge is 2.45. The topological polar surface area (TPSA) is 61.8 Å². The van der Waals surface area contributed by atoms with Gasteiger partial charge in [0.1, 0.15) is 6.10 Å². The molecule has 0 spiro atoms. The number of fused-ring (bicyclic) bond motifs is 1. The maximum Gasteiger partial charge on any atom is 0.309 e. The van der Waals surface area contributed by atoms with Gasteiger partial charge in [-0.25, -0.2) is 0 Å². The molecule has 0 radical (unpaired) electrons. The fraction of sp³-hybridized carbons (Fsp3) is 0.750. The minimum Gasteiger partial charge on any atom is -0.462 e. The van der Waals surface area contributed by atoms with Crippen LogP contribution in [0.4, 0.5) is 8.78 Å². The summed E-state index contributed by atoms with van der Waals surface area (Å²) in [4.78, 5) is 24.4. The van der Waals surface area contributed by atoms with Gasteiger partial charge in [-0.15, -0.1) is 0 Å². The van der Waals surface area contributed by atoms with Gasteiger partial charge in [-0.1, -0.05) is 31.6 Å². The van der Waals surface area contributed by atoms with Gasteiger partial charge in [0.15, 0.2) is 6.29 Å². The molecule has 0 N–H and O–H groups in total. The normalized spacial score (nSPS) is 29.4. The average Bonchev–Trinajstić information content (AvgIpc) is 3.03. The van der Waals surface area contributed by atoms with E-state index in [1.165, 1.54) is 6.08 Å². The number of carbonyl (C=O) groups is 2. The van der Waals surface area contributed by atoms with Gasteiger partial charge in [0.25, 0.3) is 0 Å². The molecular weight excluding hydrogens is 406 g/mol. The molecule has 0 bridgehead atoms. The molecule has 5 atom stereocenters. The van der Waals surface area contributed by atoms with Crippen molar-refractivity contribution in [3.63, 3.8) is 0 Å². The molecule has 0 aromatic carbocycles. The first-order valence-corrected chi connectivity index (χ1v) is 11.5. The zero-order valence-corrected chi connectivity index (χ0v) is 18.9. The molecule has 7 heteroatoms. The third-order valence-electron chi connectivity index (χ3n) is 5.92. The minimum absolute atomic E-state index is 0.148. The predicted molar refractivity (Wildman–Crippen MR) is 114 cm³/mol. The highest BCUT2D eigenvalue weighted by Crippen LogP contribution is 2.41. The molecule has 0 aromatic rings. The van der Waals surface area contributed by atoms with E-state index in [2.05, 4.69) is 0 Å². The van der Waals surface area contributed by atoms with E-state index in [4.69, 9.17) is 14.2 Å². The molecule has 176 valence electrons. The Morgan fingerprint density at radius 3 is 2.84 bits per heavy atom. The zero-order valence-electron chi connectivity index (χ0n) is 18.9. The Balaban J connectivity index is 2.23. The van der Waals surface area contributed by atoms with Crippen LogP contribution in [0.2, 0.25) is 0 Å². The van der Waals surface area contributed by atoms with Crippen molar-refractivity contribution in [2.75, 3.05) is 6.61 Å². The molecule has 1 heterocycles. The quantitative estimate of drug-likeness (QED) is 0.197. The Kier molecular flexibility index (Phi) is 10.3. The number of allylic oxidation sites excluding steroid dienone is 3. The molecule has 1 aliphatic heterocycles. The Hall–Kier alpha value is -1.60. The summed E-state index contributed by atoms with van der Waals surface area (Å²) in [6.45, 7) is 5.92. The van der Waals surface area contributed by atoms with Crippen LogP contribution in [-0.4, -0.2) is 42.8 Å². The Morgan fingerprint density at radius 2 is 2.13 bits per heavy atom. The highest BCUT2D eigenvalue weighted by molar-refractivity contribution is 5.95. The molecule has 2 rings (SSSR count). The molecule has 0 saturated heterocycles. The lowest BCUT2D eigenvalue weighted by atomic mass is 9.89. The van der Waals surface area contributed by atoms with Crippen LogP contribution in [-0.2, 0) is 23.8 Å². The minimum atomic E-state index is -3.37. The largest absolute Gasteiger partial charge is 0.462 e. The van der Waals surface area contributed by atoms with Gasteiger partial charge in [0.05, 0.1) is 6.10 Å². The first-order chi connectivity index (χ1) is 14.8. The summed E-state index contributed by atoms with van der Waals surface area (Å²) >= 11 is 0. The smallest absolute Gasteiger partial charge is 0.309 e. The lowest BCUT2D eigenvalue weighted by Gasteiger charge is -2.25. The third kappa shape index (κ3) is 7.79. The predicted octanol–water partition coefficient (Wildman–Crippen LogP) is 5.38. The monoisotopic (exact) mass is 442 g/mol. The van der Waals surface area contributed by atoms with Crippen LogP contribution in [0.25, 0.3) is 0 Å². The summed E-state index contributed by atoms with van der Waals surface area (Å²) in [6.07, 6.45) is 8.70. The van der Waals surface area contributed by atoms with Crippen molar-refractivity contribution in [3.05, 3.63) is 24.3 Å². The van der Waals surface area contributed by atoms with Gasteiger partial charge in [-0.05, 0) is 45.6 Å². The van der Waals surface area contributed by atoms with E-state index in [1.54, 1.807) is 6.92 Å². The first kappa shape index (κ1) is 25.7. The summed E-state index contributed by atoms with van der Waals surface area (Å²) in [7, 11) is 0. The number of ketones is 1. The molecule has 3 unspecified atom stereocenters. The van der Waals surface area contributed by atoms with E-state index in [0.717, 1.165) is 18.9 Å². The van der Waals surface area contributed by atoms with Crippen LogP contribution in [0, 0.1) is 11.8 Å². The van der Waals surface area contributed by atoms with Gasteiger partial charge < -0.3 is 14.2 Å². The van der Waals surface area contributed by atoms with Crippen molar-refractivity contribution >= 4 is 11.8 Å². The van der Waals surface area contributed by atoms with Gasteiger partial charge in [-0.2, -0.15) is 8.78 Å². The van der Waals surface area contributed by atoms with Crippen LogP contribution < -0.4 is 0 Å². The average molecular weight is 443 g/mol. The maximum atomic E-state index is 14.2. The fourth-order valence-corrected chi connectivity index (χ4v) is 4.27. The fourth-order valence-electron chi connectivity index (χ4n) is 4.27. The number of halogens is 2. The molecule has 1 fully saturated rings. The number of hydrogen-bond donors (Lipinski definition) is 0. The van der Waals surface area contributed by atoms with E-state index in [1.807, 2.05) is 26.0 Å². The third-order valence-corrected chi connectivity index (χ3v) is 5.92. The van der Waals surface area contributed by atoms with E-state index in [0.29, 0.717) is 38.7 Å². The van der Waals surface area contributed by atoms with E-state index < -0.39 is 30.5 Å². The molecule has 2 aliphatic rings. The second-order valence-corrected chi connectivity index (χ2v) is 8.33. The van der Waals surface area contributed by atoms with E-state index in [9.17, 15) is 18.4 Å². The van der Waals surface area contributed by atoms with Crippen molar-refractivity contribution in [1.29, 1.82) is 0 Å². The summed E-state index contributed by atoms with van der Waals surface area (Å²) in [5, 5.41) is 0. The van der Waals surface area contributed by atoms with E-state index in [-0.39, 0.29) is 23.9 Å². The van der Waals surface area contributed by atoms with Crippen LogP contribution in [0.15, 0.2) is 24.3 Å². The van der Waals surface area contributed by atoms with Gasteiger partial charge in [-0.3, -0.25) is 9.59 Å². The first-order valence-electron chi connectivity index (χ1n) is 11.5. The van der Waals surface area contributed by atoms with Gasteiger partial charge in [0, 0.05) is 37.7 Å². The number of hydrogen-bond acceptors (Lipinski definition) is 5. The van der Waals surface area contributed by atoms with Crippen molar-refractivity contribution in [2.45, 2.75) is 96.6 Å². The standard InChI is InChI=1S/C24H36F2O5/c1-4-6-15-24(25,26)22(27)14-13-19-18-11-9-7-8-10-12-23(28)31-21(18)16-20(19)30-17(3)29-5-2/h7,9,13-14,17-21H,4-6,8,10-12,15-16H2,1-3H3/b9-7-,14-13+/t17?,18?,19-,20-,21?/m1/s1. The number of rotatable bonds is 10. The van der Waals surface area contributed by atoms with Crippen LogP contribution in [0.5, 0.6) is 0 Å². The Bertz CT molecular complexity index is 646. The van der Waals surface area contributed by atoms with Crippen LogP contribution in [0.3, 0.4) is 0 Å². The van der Waals surface area contributed by atoms with Crippen molar-refractivity contribution in [3.8, 4) is 0 Å². The lowest BCUT2D eigenvalue weighted by Crippen LogP contribution is -2.29.